The SMILES string of the molecule is CCC(NCc1cc(OC)cc(OC)c1)C(C)C. The zero-order chi connectivity index (χ0) is 13.5. The summed E-state index contributed by atoms with van der Waals surface area (Å²) in [5, 5.41) is 3.58. The van der Waals surface area contributed by atoms with Gasteiger partial charge in [0.1, 0.15) is 11.5 Å². The third-order valence-electron chi connectivity index (χ3n) is 3.22. The van der Waals surface area contributed by atoms with Crippen molar-refractivity contribution in [2.75, 3.05) is 14.2 Å². The number of rotatable bonds is 7. The average Bonchev–Trinajstić information content (AvgIpc) is 2.38. The van der Waals surface area contributed by atoms with Gasteiger partial charge in [0.2, 0.25) is 0 Å². The summed E-state index contributed by atoms with van der Waals surface area (Å²) in [5.74, 6) is 2.31. The molecule has 0 aliphatic rings. The molecule has 3 heteroatoms. The lowest BCUT2D eigenvalue weighted by Gasteiger charge is -2.21. The Morgan fingerprint density at radius 2 is 1.61 bits per heavy atom. The number of ether oxygens (including phenoxy) is 2. The molecule has 0 heterocycles. The molecule has 0 aliphatic carbocycles. The Morgan fingerprint density at radius 1 is 1.06 bits per heavy atom. The van der Waals surface area contributed by atoms with Gasteiger partial charge in [-0.25, -0.2) is 0 Å². The van der Waals surface area contributed by atoms with Crippen LogP contribution in [0.5, 0.6) is 11.5 Å². The average molecular weight is 251 g/mol. The molecule has 1 N–H and O–H groups in total. The van der Waals surface area contributed by atoms with Crippen molar-refractivity contribution in [2.45, 2.75) is 39.8 Å². The fraction of sp³-hybridized carbons (Fsp3) is 0.600. The molecule has 0 saturated carbocycles. The normalized spacial score (nSPS) is 12.6. The van der Waals surface area contributed by atoms with Gasteiger partial charge >= 0.3 is 0 Å². The van der Waals surface area contributed by atoms with Gasteiger partial charge in [0.05, 0.1) is 14.2 Å². The van der Waals surface area contributed by atoms with E-state index in [-0.39, 0.29) is 0 Å². The standard InChI is InChI=1S/C15H25NO2/c1-6-15(11(2)3)16-10-12-7-13(17-4)9-14(8-12)18-5/h7-9,11,15-16H,6,10H2,1-5H3. The van der Waals surface area contributed by atoms with Crippen LogP contribution in [0, 0.1) is 5.92 Å². The van der Waals surface area contributed by atoms with Crippen LogP contribution in [0.1, 0.15) is 32.8 Å². The van der Waals surface area contributed by atoms with Crippen molar-refractivity contribution in [3.8, 4) is 11.5 Å². The summed E-state index contributed by atoms with van der Waals surface area (Å²) in [7, 11) is 3.35. The predicted octanol–water partition coefficient (Wildman–Crippen LogP) is 3.23. The van der Waals surface area contributed by atoms with Gasteiger partial charge in [-0.05, 0) is 30.0 Å². The van der Waals surface area contributed by atoms with Gasteiger partial charge < -0.3 is 14.8 Å². The molecule has 18 heavy (non-hydrogen) atoms. The monoisotopic (exact) mass is 251 g/mol. The van der Waals surface area contributed by atoms with Gasteiger partial charge in [0.15, 0.2) is 0 Å². The quantitative estimate of drug-likeness (QED) is 0.807. The van der Waals surface area contributed by atoms with Crippen LogP contribution in [0.2, 0.25) is 0 Å². The second-order valence-electron chi connectivity index (χ2n) is 4.86. The molecule has 1 unspecified atom stereocenters. The van der Waals surface area contributed by atoms with Crippen LogP contribution in [0.25, 0.3) is 0 Å². The summed E-state index contributed by atoms with van der Waals surface area (Å²) >= 11 is 0. The molecular weight excluding hydrogens is 226 g/mol. The smallest absolute Gasteiger partial charge is 0.122 e. The van der Waals surface area contributed by atoms with Crippen LogP contribution in [0.3, 0.4) is 0 Å². The van der Waals surface area contributed by atoms with Gasteiger partial charge in [-0.1, -0.05) is 20.8 Å². The Hall–Kier alpha value is -1.22. The highest BCUT2D eigenvalue weighted by Gasteiger charge is 2.10. The summed E-state index contributed by atoms with van der Waals surface area (Å²) in [6.07, 6.45) is 1.14. The van der Waals surface area contributed by atoms with E-state index in [1.807, 2.05) is 18.2 Å². The lowest BCUT2D eigenvalue weighted by Crippen LogP contribution is -2.32. The topological polar surface area (TPSA) is 30.5 Å². The molecule has 1 aromatic carbocycles. The molecule has 0 aromatic heterocycles. The van der Waals surface area contributed by atoms with Gasteiger partial charge in [-0.3, -0.25) is 0 Å². The Bertz CT molecular complexity index is 341. The summed E-state index contributed by atoms with van der Waals surface area (Å²) < 4.78 is 10.5. The minimum absolute atomic E-state index is 0.544. The van der Waals surface area contributed by atoms with Crippen LogP contribution >= 0.6 is 0 Å². The van der Waals surface area contributed by atoms with E-state index in [0.717, 1.165) is 24.5 Å². The fourth-order valence-corrected chi connectivity index (χ4v) is 2.07. The number of nitrogens with one attached hydrogen (secondary N) is 1. The molecule has 3 nitrogen and oxygen atoms in total. The highest BCUT2D eigenvalue weighted by Crippen LogP contribution is 2.22. The van der Waals surface area contributed by atoms with Crippen molar-refractivity contribution in [3.05, 3.63) is 23.8 Å². The van der Waals surface area contributed by atoms with Gasteiger partial charge in [0, 0.05) is 18.7 Å². The van der Waals surface area contributed by atoms with E-state index in [1.165, 1.54) is 5.56 Å². The molecule has 0 spiro atoms. The summed E-state index contributed by atoms with van der Waals surface area (Å²) in [4.78, 5) is 0. The highest BCUT2D eigenvalue weighted by atomic mass is 16.5. The number of methoxy groups -OCH3 is 2. The first-order valence-electron chi connectivity index (χ1n) is 6.56. The van der Waals surface area contributed by atoms with Crippen molar-refractivity contribution in [1.29, 1.82) is 0 Å². The summed E-state index contributed by atoms with van der Waals surface area (Å²) in [6, 6.07) is 6.52. The van der Waals surface area contributed by atoms with Gasteiger partial charge in [0.25, 0.3) is 0 Å². The Kier molecular flexibility index (Phi) is 5.99. The minimum Gasteiger partial charge on any atom is -0.497 e. The molecule has 102 valence electrons. The van der Waals surface area contributed by atoms with E-state index in [1.54, 1.807) is 14.2 Å². The third-order valence-corrected chi connectivity index (χ3v) is 3.22. The molecular formula is C15H25NO2. The molecule has 0 aliphatic heterocycles. The largest absolute Gasteiger partial charge is 0.497 e. The van der Waals surface area contributed by atoms with E-state index in [2.05, 4.69) is 26.1 Å². The van der Waals surface area contributed by atoms with Crippen LogP contribution in [-0.4, -0.2) is 20.3 Å². The lowest BCUT2D eigenvalue weighted by molar-refractivity contribution is 0.381. The van der Waals surface area contributed by atoms with Crippen molar-refractivity contribution >= 4 is 0 Å². The highest BCUT2D eigenvalue weighted by molar-refractivity contribution is 5.38. The van der Waals surface area contributed by atoms with Gasteiger partial charge in [-0.15, -0.1) is 0 Å². The first kappa shape index (κ1) is 14.8. The van der Waals surface area contributed by atoms with Crippen LogP contribution in [0.15, 0.2) is 18.2 Å². The lowest BCUT2D eigenvalue weighted by atomic mass is 10.0. The first-order chi connectivity index (χ1) is 8.60. The van der Waals surface area contributed by atoms with Crippen LogP contribution in [-0.2, 0) is 6.54 Å². The maximum atomic E-state index is 5.27. The molecule has 1 atom stereocenters. The zero-order valence-corrected chi connectivity index (χ0v) is 12.1. The molecule has 0 bridgehead atoms. The minimum atomic E-state index is 0.544. The van der Waals surface area contributed by atoms with Crippen LogP contribution in [0.4, 0.5) is 0 Å². The Labute approximate surface area is 110 Å². The molecule has 0 radical (unpaired) electrons. The van der Waals surface area contributed by atoms with E-state index in [4.69, 9.17) is 9.47 Å². The van der Waals surface area contributed by atoms with E-state index < -0.39 is 0 Å². The maximum Gasteiger partial charge on any atom is 0.122 e. The van der Waals surface area contributed by atoms with E-state index >= 15 is 0 Å². The van der Waals surface area contributed by atoms with E-state index in [0.29, 0.717) is 12.0 Å². The van der Waals surface area contributed by atoms with Crippen molar-refractivity contribution in [2.24, 2.45) is 5.92 Å². The first-order valence-corrected chi connectivity index (χ1v) is 6.56. The second-order valence-corrected chi connectivity index (χ2v) is 4.86. The Morgan fingerprint density at radius 3 is 2.00 bits per heavy atom. The van der Waals surface area contributed by atoms with E-state index in [9.17, 15) is 0 Å². The summed E-state index contributed by atoms with van der Waals surface area (Å²) in [6.45, 7) is 7.54. The molecule has 1 aromatic rings. The predicted molar refractivity (Wildman–Crippen MR) is 75.3 cm³/mol. The number of benzene rings is 1. The van der Waals surface area contributed by atoms with Crippen LogP contribution < -0.4 is 14.8 Å². The van der Waals surface area contributed by atoms with Crippen molar-refractivity contribution in [3.63, 3.8) is 0 Å². The van der Waals surface area contributed by atoms with Crippen molar-refractivity contribution in [1.82, 2.24) is 5.32 Å². The van der Waals surface area contributed by atoms with Gasteiger partial charge in [-0.2, -0.15) is 0 Å². The Balaban J connectivity index is 2.71. The van der Waals surface area contributed by atoms with Crippen molar-refractivity contribution < 1.29 is 9.47 Å². The number of hydrogen-bond donors (Lipinski definition) is 1. The number of hydrogen-bond acceptors (Lipinski definition) is 3. The maximum absolute atomic E-state index is 5.27. The summed E-state index contributed by atoms with van der Waals surface area (Å²) in [5.41, 5.74) is 1.19. The fourth-order valence-electron chi connectivity index (χ4n) is 2.07. The molecule has 0 saturated heterocycles. The molecule has 1 rings (SSSR count). The second kappa shape index (κ2) is 7.27. The molecule has 0 amide bonds. The third kappa shape index (κ3) is 4.22. The molecule has 0 fully saturated rings. The zero-order valence-electron chi connectivity index (χ0n) is 12.1.